The lowest BCUT2D eigenvalue weighted by Gasteiger charge is -2.34. The fraction of sp³-hybridized carbons (Fsp3) is 1.00. The van der Waals surface area contributed by atoms with Crippen LogP contribution < -0.4 is 5.32 Å². The smallest absolute Gasteiger partial charge is 0.00818 e. The lowest BCUT2D eigenvalue weighted by Crippen LogP contribution is -2.42. The van der Waals surface area contributed by atoms with Crippen LogP contribution in [0.15, 0.2) is 0 Å². The molecule has 0 spiro atoms. The Morgan fingerprint density at radius 2 is 1.78 bits per heavy atom. The third-order valence-corrected chi connectivity index (χ3v) is 5.06. The number of rotatable bonds is 5. The Morgan fingerprint density at radius 3 is 2.44 bits per heavy atom. The van der Waals surface area contributed by atoms with Gasteiger partial charge in [0.1, 0.15) is 0 Å². The van der Waals surface area contributed by atoms with Gasteiger partial charge in [-0.15, -0.1) is 0 Å². The molecule has 0 aromatic rings. The maximum Gasteiger partial charge on any atom is 0.00818 e. The molecule has 0 amide bonds. The predicted molar refractivity (Wildman–Crippen MR) is 78.9 cm³/mol. The molecule has 1 aliphatic heterocycles. The van der Waals surface area contributed by atoms with E-state index in [0.717, 1.165) is 18.0 Å². The van der Waals surface area contributed by atoms with Gasteiger partial charge in [-0.1, -0.05) is 25.7 Å². The molecule has 1 aliphatic carbocycles. The quantitative estimate of drug-likeness (QED) is 0.806. The summed E-state index contributed by atoms with van der Waals surface area (Å²) in [6.07, 6.45) is 12.9. The van der Waals surface area contributed by atoms with Gasteiger partial charge in [-0.3, -0.25) is 0 Å². The Labute approximate surface area is 114 Å². The van der Waals surface area contributed by atoms with E-state index in [1.165, 1.54) is 70.9 Å². The Morgan fingerprint density at radius 1 is 1.06 bits per heavy atom. The van der Waals surface area contributed by atoms with Gasteiger partial charge in [-0.05, 0) is 58.5 Å². The van der Waals surface area contributed by atoms with Gasteiger partial charge in [0.05, 0.1) is 0 Å². The molecule has 18 heavy (non-hydrogen) atoms. The monoisotopic (exact) mass is 252 g/mol. The van der Waals surface area contributed by atoms with Gasteiger partial charge >= 0.3 is 0 Å². The zero-order valence-electron chi connectivity index (χ0n) is 12.5. The van der Waals surface area contributed by atoms with Crippen molar-refractivity contribution in [2.24, 2.45) is 5.92 Å². The Balaban J connectivity index is 1.68. The first-order chi connectivity index (χ1) is 8.75. The fourth-order valence-electron chi connectivity index (χ4n) is 3.67. The van der Waals surface area contributed by atoms with Gasteiger partial charge in [-0.2, -0.15) is 0 Å². The van der Waals surface area contributed by atoms with E-state index in [1.54, 1.807) is 0 Å². The van der Waals surface area contributed by atoms with Crippen LogP contribution in [0, 0.1) is 5.92 Å². The lowest BCUT2D eigenvalue weighted by molar-refractivity contribution is 0.170. The summed E-state index contributed by atoms with van der Waals surface area (Å²) in [6.45, 7) is 4.98. The van der Waals surface area contributed by atoms with Crippen LogP contribution in [0.25, 0.3) is 0 Å². The molecule has 2 heteroatoms. The standard InChI is InChI=1S/C16H32N2/c1-14(12-16-10-6-7-11-17-16)18(2)13-15-8-4-3-5-9-15/h14-17H,3-13H2,1-2H3. The third kappa shape index (κ3) is 4.55. The Bertz CT molecular complexity index is 193. The van der Waals surface area contributed by atoms with Crippen LogP contribution in [0.3, 0.4) is 0 Å². The molecule has 1 N–H and O–H groups in total. The largest absolute Gasteiger partial charge is 0.314 e. The van der Waals surface area contributed by atoms with E-state index in [4.69, 9.17) is 0 Å². The molecule has 0 aromatic heterocycles. The number of hydrogen-bond donors (Lipinski definition) is 1. The van der Waals surface area contributed by atoms with E-state index in [0.29, 0.717) is 0 Å². The second-order valence-corrected chi connectivity index (χ2v) is 6.68. The Hall–Kier alpha value is -0.0800. The van der Waals surface area contributed by atoms with E-state index in [1.807, 2.05) is 0 Å². The molecule has 1 heterocycles. The van der Waals surface area contributed by atoms with Crippen molar-refractivity contribution >= 4 is 0 Å². The van der Waals surface area contributed by atoms with Gasteiger partial charge < -0.3 is 10.2 Å². The first kappa shape index (κ1) is 14.3. The van der Waals surface area contributed by atoms with E-state index in [9.17, 15) is 0 Å². The average molecular weight is 252 g/mol. The van der Waals surface area contributed by atoms with Crippen LogP contribution in [0.1, 0.15) is 64.7 Å². The molecule has 2 unspecified atom stereocenters. The summed E-state index contributed by atoms with van der Waals surface area (Å²) in [5, 5.41) is 3.68. The topological polar surface area (TPSA) is 15.3 Å². The predicted octanol–water partition coefficient (Wildman–Crippen LogP) is 3.42. The van der Waals surface area contributed by atoms with Crippen LogP contribution in [-0.4, -0.2) is 37.1 Å². The molecule has 2 nitrogen and oxygen atoms in total. The van der Waals surface area contributed by atoms with Crippen LogP contribution in [0.4, 0.5) is 0 Å². The summed E-state index contributed by atoms with van der Waals surface area (Å²) in [4.78, 5) is 2.62. The van der Waals surface area contributed by atoms with E-state index < -0.39 is 0 Å². The first-order valence-corrected chi connectivity index (χ1v) is 8.19. The summed E-state index contributed by atoms with van der Waals surface area (Å²) in [6, 6.07) is 1.52. The minimum atomic E-state index is 0.738. The van der Waals surface area contributed by atoms with Crippen molar-refractivity contribution in [2.75, 3.05) is 20.1 Å². The molecule has 1 saturated carbocycles. The third-order valence-electron chi connectivity index (χ3n) is 5.06. The van der Waals surface area contributed by atoms with Crippen molar-refractivity contribution < 1.29 is 0 Å². The molecule has 2 atom stereocenters. The number of piperidine rings is 1. The maximum atomic E-state index is 3.68. The molecule has 2 rings (SSSR count). The summed E-state index contributed by atoms with van der Waals surface area (Å²) < 4.78 is 0. The second-order valence-electron chi connectivity index (χ2n) is 6.68. The summed E-state index contributed by atoms with van der Waals surface area (Å²) >= 11 is 0. The van der Waals surface area contributed by atoms with E-state index >= 15 is 0 Å². The van der Waals surface area contributed by atoms with Gasteiger partial charge in [-0.25, -0.2) is 0 Å². The minimum absolute atomic E-state index is 0.738. The summed E-state index contributed by atoms with van der Waals surface area (Å²) in [7, 11) is 2.34. The highest BCUT2D eigenvalue weighted by Gasteiger charge is 2.21. The molecule has 0 radical (unpaired) electrons. The molecular formula is C16H32N2. The highest BCUT2D eigenvalue weighted by Crippen LogP contribution is 2.25. The van der Waals surface area contributed by atoms with E-state index in [2.05, 4.69) is 24.2 Å². The van der Waals surface area contributed by atoms with Crippen molar-refractivity contribution in [2.45, 2.75) is 76.8 Å². The highest BCUT2D eigenvalue weighted by molar-refractivity contribution is 4.79. The zero-order chi connectivity index (χ0) is 12.8. The van der Waals surface area contributed by atoms with Crippen molar-refractivity contribution in [3.8, 4) is 0 Å². The summed E-state index contributed by atoms with van der Waals surface area (Å²) in [5.74, 6) is 0.977. The van der Waals surface area contributed by atoms with E-state index in [-0.39, 0.29) is 0 Å². The summed E-state index contributed by atoms with van der Waals surface area (Å²) in [5.41, 5.74) is 0. The molecule has 2 fully saturated rings. The van der Waals surface area contributed by atoms with Gasteiger partial charge in [0, 0.05) is 18.6 Å². The number of nitrogens with zero attached hydrogens (tertiary/aromatic N) is 1. The maximum absolute atomic E-state index is 3.68. The highest BCUT2D eigenvalue weighted by atomic mass is 15.1. The number of nitrogens with one attached hydrogen (secondary N) is 1. The molecule has 0 aromatic carbocycles. The van der Waals surface area contributed by atoms with Crippen molar-refractivity contribution in [1.82, 2.24) is 10.2 Å². The number of hydrogen-bond acceptors (Lipinski definition) is 2. The molecule has 1 saturated heterocycles. The Kier molecular flexibility index (Phi) is 5.97. The molecule has 106 valence electrons. The van der Waals surface area contributed by atoms with Crippen molar-refractivity contribution in [3.63, 3.8) is 0 Å². The molecular weight excluding hydrogens is 220 g/mol. The molecule has 0 bridgehead atoms. The van der Waals surface area contributed by atoms with Crippen LogP contribution in [-0.2, 0) is 0 Å². The SMILES string of the molecule is CC(CC1CCCCN1)N(C)CC1CCCCC1. The van der Waals surface area contributed by atoms with Crippen LogP contribution >= 0.6 is 0 Å². The minimum Gasteiger partial charge on any atom is -0.314 e. The fourth-order valence-corrected chi connectivity index (χ4v) is 3.67. The normalized spacial score (nSPS) is 28.5. The van der Waals surface area contributed by atoms with Crippen LogP contribution in [0.2, 0.25) is 0 Å². The van der Waals surface area contributed by atoms with Gasteiger partial charge in [0.2, 0.25) is 0 Å². The zero-order valence-corrected chi connectivity index (χ0v) is 12.5. The van der Waals surface area contributed by atoms with Gasteiger partial charge in [0.25, 0.3) is 0 Å². The van der Waals surface area contributed by atoms with Gasteiger partial charge in [0.15, 0.2) is 0 Å². The first-order valence-electron chi connectivity index (χ1n) is 8.19. The van der Waals surface area contributed by atoms with Crippen molar-refractivity contribution in [3.05, 3.63) is 0 Å². The average Bonchev–Trinajstić information content (AvgIpc) is 2.41. The van der Waals surface area contributed by atoms with Crippen LogP contribution in [0.5, 0.6) is 0 Å². The molecule has 2 aliphatic rings. The second kappa shape index (κ2) is 7.49. The van der Waals surface area contributed by atoms with Crippen molar-refractivity contribution in [1.29, 1.82) is 0 Å². The lowest BCUT2D eigenvalue weighted by atomic mass is 9.88.